The number of amides is 1. The highest BCUT2D eigenvalue weighted by molar-refractivity contribution is 7.98. The van der Waals surface area contributed by atoms with E-state index in [1.165, 1.54) is 5.56 Å². The van der Waals surface area contributed by atoms with Gasteiger partial charge < -0.3 is 14.6 Å². The molecule has 3 rings (SSSR count). The van der Waals surface area contributed by atoms with Gasteiger partial charge in [-0.05, 0) is 35.6 Å². The minimum absolute atomic E-state index is 0.143. The molecule has 1 heterocycles. The fourth-order valence-corrected chi connectivity index (χ4v) is 3.17. The third-order valence-electron chi connectivity index (χ3n) is 3.99. The van der Waals surface area contributed by atoms with Crippen LogP contribution in [-0.2, 0) is 12.3 Å². The number of thioether (sulfide) groups is 1. The van der Waals surface area contributed by atoms with Crippen LogP contribution in [0.25, 0.3) is 0 Å². The molecule has 27 heavy (non-hydrogen) atoms. The van der Waals surface area contributed by atoms with E-state index in [4.69, 9.17) is 4.74 Å². The van der Waals surface area contributed by atoms with Crippen LogP contribution < -0.4 is 10.1 Å². The third kappa shape index (κ3) is 5.62. The summed E-state index contributed by atoms with van der Waals surface area (Å²) < 4.78 is 7.79. The monoisotopic (exact) mass is 381 g/mol. The van der Waals surface area contributed by atoms with Crippen molar-refractivity contribution in [3.05, 3.63) is 78.4 Å². The maximum atomic E-state index is 12.6. The summed E-state index contributed by atoms with van der Waals surface area (Å²) in [6.45, 7) is 3.33. The number of anilines is 1. The number of carbonyl (C=O) groups is 1. The molecular formula is C21H23N3O2S. The molecule has 0 atom stereocenters. The molecule has 1 N–H and O–H groups in total. The van der Waals surface area contributed by atoms with Crippen LogP contribution in [0, 0.1) is 0 Å². The van der Waals surface area contributed by atoms with Gasteiger partial charge in [-0.3, -0.25) is 4.79 Å². The summed E-state index contributed by atoms with van der Waals surface area (Å²) in [6.07, 6.45) is 5.37. The lowest BCUT2D eigenvalue weighted by molar-refractivity contribution is 0.102. The van der Waals surface area contributed by atoms with Crippen LogP contribution >= 0.6 is 11.8 Å². The second kappa shape index (κ2) is 9.83. The second-order valence-electron chi connectivity index (χ2n) is 5.93. The van der Waals surface area contributed by atoms with Crippen molar-refractivity contribution in [3.8, 4) is 5.75 Å². The number of hydrogen-bond donors (Lipinski definition) is 1. The summed E-state index contributed by atoms with van der Waals surface area (Å²) in [5, 5.41) is 2.94. The average Bonchev–Trinajstić information content (AvgIpc) is 3.21. The number of carbonyl (C=O) groups excluding carboxylic acids is 1. The number of nitrogens with one attached hydrogen (secondary N) is 1. The van der Waals surface area contributed by atoms with Gasteiger partial charge in [-0.25, -0.2) is 4.98 Å². The number of benzene rings is 2. The van der Waals surface area contributed by atoms with Crippen LogP contribution in [0.15, 0.2) is 67.3 Å². The van der Waals surface area contributed by atoms with Gasteiger partial charge in [0, 0.05) is 23.7 Å². The van der Waals surface area contributed by atoms with Crippen LogP contribution in [0.1, 0.15) is 22.8 Å². The molecule has 0 bridgehead atoms. The Balaban J connectivity index is 1.60. The summed E-state index contributed by atoms with van der Waals surface area (Å²) in [7, 11) is 0. The molecule has 0 unspecified atom stereocenters. The van der Waals surface area contributed by atoms with E-state index in [0.29, 0.717) is 30.2 Å². The first-order valence-corrected chi connectivity index (χ1v) is 10.1. The fraction of sp³-hybridized carbons (Fsp3) is 0.238. The van der Waals surface area contributed by atoms with E-state index >= 15 is 0 Å². The Kier molecular flexibility index (Phi) is 6.93. The number of para-hydroxylation sites is 2. The van der Waals surface area contributed by atoms with Gasteiger partial charge >= 0.3 is 0 Å². The van der Waals surface area contributed by atoms with Crippen molar-refractivity contribution in [3.63, 3.8) is 0 Å². The lowest BCUT2D eigenvalue weighted by Gasteiger charge is -2.13. The van der Waals surface area contributed by atoms with Crippen molar-refractivity contribution in [1.29, 1.82) is 0 Å². The highest BCUT2D eigenvalue weighted by Gasteiger charge is 2.10. The quantitative estimate of drug-likeness (QED) is 0.594. The van der Waals surface area contributed by atoms with Gasteiger partial charge in [0.1, 0.15) is 12.4 Å². The van der Waals surface area contributed by atoms with Crippen molar-refractivity contribution < 1.29 is 9.53 Å². The molecule has 0 radical (unpaired) electrons. The van der Waals surface area contributed by atoms with Crippen LogP contribution in [0.2, 0.25) is 0 Å². The minimum Gasteiger partial charge on any atom is -0.490 e. The van der Waals surface area contributed by atoms with Gasteiger partial charge in [-0.2, -0.15) is 11.8 Å². The van der Waals surface area contributed by atoms with E-state index < -0.39 is 0 Å². The number of hydrogen-bond acceptors (Lipinski definition) is 4. The van der Waals surface area contributed by atoms with Crippen LogP contribution in [0.5, 0.6) is 5.75 Å². The molecule has 0 aliphatic carbocycles. The molecule has 0 aliphatic rings. The smallest absolute Gasteiger partial charge is 0.255 e. The molecule has 5 nitrogen and oxygen atoms in total. The molecule has 0 saturated carbocycles. The zero-order valence-corrected chi connectivity index (χ0v) is 16.1. The number of rotatable bonds is 9. The van der Waals surface area contributed by atoms with Gasteiger partial charge in [-0.15, -0.1) is 0 Å². The minimum atomic E-state index is -0.143. The number of nitrogens with zero attached hydrogens (tertiary/aromatic N) is 2. The number of imidazole rings is 1. The molecule has 6 heteroatoms. The van der Waals surface area contributed by atoms with Gasteiger partial charge in [-0.1, -0.05) is 31.2 Å². The van der Waals surface area contributed by atoms with E-state index in [1.54, 1.807) is 12.5 Å². The Labute approximate surface area is 163 Å². The predicted octanol–water partition coefficient (Wildman–Crippen LogP) is 4.47. The molecule has 0 spiro atoms. The summed E-state index contributed by atoms with van der Waals surface area (Å²) >= 11 is 1.86. The van der Waals surface area contributed by atoms with Crippen molar-refractivity contribution in [2.75, 3.05) is 17.7 Å². The number of aromatic nitrogens is 2. The SMILES string of the molecule is CCSCc1ccc(C(=O)Nc2ccccc2OCCn2ccnc2)cc1. The molecule has 1 amide bonds. The van der Waals surface area contributed by atoms with E-state index in [9.17, 15) is 4.79 Å². The predicted molar refractivity (Wildman–Crippen MR) is 110 cm³/mol. The topological polar surface area (TPSA) is 56.1 Å². The molecule has 2 aromatic carbocycles. The summed E-state index contributed by atoms with van der Waals surface area (Å²) in [5.74, 6) is 2.56. The summed E-state index contributed by atoms with van der Waals surface area (Å²) in [5.41, 5.74) is 2.52. The maximum Gasteiger partial charge on any atom is 0.255 e. The van der Waals surface area contributed by atoms with E-state index in [-0.39, 0.29) is 5.91 Å². The molecule has 140 valence electrons. The molecule has 3 aromatic rings. The largest absolute Gasteiger partial charge is 0.490 e. The fourth-order valence-electron chi connectivity index (χ4n) is 2.54. The van der Waals surface area contributed by atoms with Gasteiger partial charge in [0.25, 0.3) is 5.91 Å². The van der Waals surface area contributed by atoms with Crippen molar-refractivity contribution >= 4 is 23.4 Å². The molecule has 0 saturated heterocycles. The van der Waals surface area contributed by atoms with Gasteiger partial charge in [0.05, 0.1) is 18.6 Å². The highest BCUT2D eigenvalue weighted by Crippen LogP contribution is 2.24. The third-order valence-corrected chi connectivity index (χ3v) is 4.94. The van der Waals surface area contributed by atoms with Crippen molar-refractivity contribution in [2.24, 2.45) is 0 Å². The summed E-state index contributed by atoms with van der Waals surface area (Å²) in [6, 6.07) is 15.2. The van der Waals surface area contributed by atoms with E-state index in [1.807, 2.05) is 71.1 Å². The molecule has 0 fully saturated rings. The Morgan fingerprint density at radius 2 is 2.00 bits per heavy atom. The zero-order valence-electron chi connectivity index (χ0n) is 15.3. The standard InChI is InChI=1S/C21H23N3O2S/c1-2-27-15-17-7-9-18(10-8-17)21(25)23-19-5-3-4-6-20(19)26-14-13-24-12-11-22-16-24/h3-12,16H,2,13-15H2,1H3,(H,23,25). The normalized spacial score (nSPS) is 10.6. The Hall–Kier alpha value is -2.73. The Morgan fingerprint density at radius 3 is 2.74 bits per heavy atom. The van der Waals surface area contributed by atoms with Gasteiger partial charge in [0.15, 0.2) is 0 Å². The first-order chi connectivity index (χ1) is 13.3. The van der Waals surface area contributed by atoms with Crippen LogP contribution in [0.4, 0.5) is 5.69 Å². The van der Waals surface area contributed by atoms with Crippen LogP contribution in [-0.4, -0.2) is 27.8 Å². The van der Waals surface area contributed by atoms with Crippen LogP contribution in [0.3, 0.4) is 0 Å². The van der Waals surface area contributed by atoms with E-state index in [2.05, 4.69) is 17.2 Å². The highest BCUT2D eigenvalue weighted by atomic mass is 32.2. The molecular weight excluding hydrogens is 358 g/mol. The van der Waals surface area contributed by atoms with E-state index in [0.717, 1.165) is 11.5 Å². The average molecular weight is 382 g/mol. The van der Waals surface area contributed by atoms with Gasteiger partial charge in [0.2, 0.25) is 0 Å². The first-order valence-electron chi connectivity index (χ1n) is 8.92. The molecule has 0 aliphatic heterocycles. The Morgan fingerprint density at radius 1 is 1.19 bits per heavy atom. The number of ether oxygens (including phenoxy) is 1. The zero-order chi connectivity index (χ0) is 18.9. The Bertz CT molecular complexity index is 848. The van der Waals surface area contributed by atoms with Crippen molar-refractivity contribution in [1.82, 2.24) is 9.55 Å². The molecule has 1 aromatic heterocycles. The summed E-state index contributed by atoms with van der Waals surface area (Å²) in [4.78, 5) is 16.6. The lowest BCUT2D eigenvalue weighted by atomic mass is 10.1. The second-order valence-corrected chi connectivity index (χ2v) is 7.21. The van der Waals surface area contributed by atoms with Crippen molar-refractivity contribution in [2.45, 2.75) is 19.2 Å². The maximum absolute atomic E-state index is 12.6. The lowest BCUT2D eigenvalue weighted by Crippen LogP contribution is -2.14. The first kappa shape index (κ1) is 19.0.